The first-order valence-corrected chi connectivity index (χ1v) is 9.57. The molecule has 2 aromatic rings. The number of benzene rings is 2. The van der Waals surface area contributed by atoms with Crippen molar-refractivity contribution in [2.45, 2.75) is 25.9 Å². The van der Waals surface area contributed by atoms with Crippen LogP contribution in [0.1, 0.15) is 24.0 Å². The summed E-state index contributed by atoms with van der Waals surface area (Å²) in [5, 5.41) is 6.54. The monoisotopic (exact) mass is 351 g/mol. The lowest BCUT2D eigenvalue weighted by Gasteiger charge is -2.25. The molecule has 0 aromatic heterocycles. The maximum atomic E-state index is 12.5. The molecule has 1 saturated heterocycles. The van der Waals surface area contributed by atoms with Crippen LogP contribution < -0.4 is 10.6 Å². The zero-order valence-corrected chi connectivity index (χ0v) is 15.4. The van der Waals surface area contributed by atoms with Gasteiger partial charge in [-0.3, -0.25) is 9.69 Å². The Hall–Kier alpha value is -2.17. The quantitative estimate of drug-likeness (QED) is 0.769. The molecule has 1 amide bonds. The number of nitrogens with one attached hydrogen (secondary N) is 2. The van der Waals surface area contributed by atoms with E-state index in [2.05, 4.69) is 39.8 Å². The first-order valence-electron chi connectivity index (χ1n) is 9.57. The average Bonchev–Trinajstić information content (AvgIpc) is 2.69. The highest BCUT2D eigenvalue weighted by molar-refractivity contribution is 5.78. The maximum absolute atomic E-state index is 12.5. The van der Waals surface area contributed by atoms with Crippen molar-refractivity contribution in [2.24, 2.45) is 5.92 Å². The highest BCUT2D eigenvalue weighted by atomic mass is 16.2. The van der Waals surface area contributed by atoms with Gasteiger partial charge in [0, 0.05) is 19.6 Å². The van der Waals surface area contributed by atoms with Gasteiger partial charge in [0.25, 0.3) is 0 Å². The Morgan fingerprint density at radius 2 is 1.62 bits per heavy atom. The van der Waals surface area contributed by atoms with Gasteiger partial charge in [-0.2, -0.15) is 0 Å². The van der Waals surface area contributed by atoms with E-state index in [1.54, 1.807) is 0 Å². The molecule has 0 bridgehead atoms. The van der Waals surface area contributed by atoms with Crippen LogP contribution in [0.25, 0.3) is 0 Å². The van der Waals surface area contributed by atoms with Crippen molar-refractivity contribution in [3.63, 3.8) is 0 Å². The Morgan fingerprint density at radius 1 is 1.00 bits per heavy atom. The van der Waals surface area contributed by atoms with Crippen LogP contribution in [0.5, 0.6) is 0 Å². The van der Waals surface area contributed by atoms with Crippen LogP contribution in [0.3, 0.4) is 0 Å². The van der Waals surface area contributed by atoms with E-state index in [1.165, 1.54) is 24.0 Å². The Balaban J connectivity index is 1.56. The molecule has 0 spiro atoms. The maximum Gasteiger partial charge on any atom is 0.234 e. The van der Waals surface area contributed by atoms with Crippen LogP contribution in [-0.2, 0) is 17.9 Å². The Bertz CT molecular complexity index is 612. The van der Waals surface area contributed by atoms with E-state index in [0.717, 1.165) is 32.7 Å². The molecule has 4 nitrogen and oxygen atoms in total. The summed E-state index contributed by atoms with van der Waals surface area (Å²) in [6.45, 7) is 4.85. The number of nitrogens with zero attached hydrogens (tertiary/aromatic N) is 1. The summed E-state index contributed by atoms with van der Waals surface area (Å²) in [5.74, 6) is 0.673. The van der Waals surface area contributed by atoms with E-state index >= 15 is 0 Å². The number of rotatable bonds is 8. The SMILES string of the molecule is O=C(CN(Cc1ccccc1)Cc1ccccc1)NCC1CCCNC1. The van der Waals surface area contributed by atoms with Crippen LogP contribution in [0, 0.1) is 5.92 Å². The largest absolute Gasteiger partial charge is 0.355 e. The van der Waals surface area contributed by atoms with Crippen molar-refractivity contribution in [1.29, 1.82) is 0 Å². The molecular formula is C22H29N3O. The molecule has 0 saturated carbocycles. The van der Waals surface area contributed by atoms with Gasteiger partial charge >= 0.3 is 0 Å². The van der Waals surface area contributed by atoms with Gasteiger partial charge in [-0.05, 0) is 43.0 Å². The van der Waals surface area contributed by atoms with Crippen LogP contribution in [0.4, 0.5) is 0 Å². The van der Waals surface area contributed by atoms with Crippen molar-refractivity contribution >= 4 is 5.91 Å². The Kier molecular flexibility index (Phi) is 7.23. The number of amides is 1. The predicted molar refractivity (Wildman–Crippen MR) is 106 cm³/mol. The minimum atomic E-state index is 0.113. The predicted octanol–water partition coefficient (Wildman–Crippen LogP) is 2.80. The summed E-state index contributed by atoms with van der Waals surface area (Å²) in [7, 11) is 0. The van der Waals surface area contributed by atoms with Gasteiger partial charge in [-0.25, -0.2) is 0 Å². The van der Waals surface area contributed by atoms with E-state index in [9.17, 15) is 4.79 Å². The lowest BCUT2D eigenvalue weighted by molar-refractivity contribution is -0.122. The van der Waals surface area contributed by atoms with E-state index < -0.39 is 0 Å². The van der Waals surface area contributed by atoms with Crippen LogP contribution in [0.2, 0.25) is 0 Å². The fourth-order valence-electron chi connectivity index (χ4n) is 3.47. The normalized spacial score (nSPS) is 17.2. The van der Waals surface area contributed by atoms with Crippen molar-refractivity contribution in [2.75, 3.05) is 26.2 Å². The van der Waals surface area contributed by atoms with Crippen molar-refractivity contribution < 1.29 is 4.79 Å². The number of carbonyl (C=O) groups excluding carboxylic acids is 1. The molecule has 1 unspecified atom stereocenters. The van der Waals surface area contributed by atoms with Gasteiger partial charge in [-0.1, -0.05) is 60.7 Å². The minimum absolute atomic E-state index is 0.113. The zero-order valence-electron chi connectivity index (χ0n) is 15.4. The smallest absolute Gasteiger partial charge is 0.234 e. The molecule has 0 radical (unpaired) electrons. The fourth-order valence-corrected chi connectivity index (χ4v) is 3.47. The number of hydrogen-bond donors (Lipinski definition) is 2. The highest BCUT2D eigenvalue weighted by Crippen LogP contribution is 2.11. The molecule has 1 aliphatic heterocycles. The molecule has 1 heterocycles. The molecule has 0 aliphatic carbocycles. The van der Waals surface area contributed by atoms with Gasteiger partial charge in [-0.15, -0.1) is 0 Å². The van der Waals surface area contributed by atoms with Gasteiger partial charge < -0.3 is 10.6 Å². The van der Waals surface area contributed by atoms with Gasteiger partial charge in [0.1, 0.15) is 0 Å². The van der Waals surface area contributed by atoms with Crippen molar-refractivity contribution in [3.8, 4) is 0 Å². The number of carbonyl (C=O) groups is 1. The van der Waals surface area contributed by atoms with E-state index in [0.29, 0.717) is 12.5 Å². The van der Waals surface area contributed by atoms with E-state index in [-0.39, 0.29) is 5.91 Å². The third-order valence-electron chi connectivity index (χ3n) is 4.85. The zero-order chi connectivity index (χ0) is 18.0. The molecule has 3 rings (SSSR count). The summed E-state index contributed by atoms with van der Waals surface area (Å²) in [6, 6.07) is 20.7. The van der Waals surface area contributed by atoms with Crippen LogP contribution >= 0.6 is 0 Å². The highest BCUT2D eigenvalue weighted by Gasteiger charge is 2.16. The van der Waals surface area contributed by atoms with Gasteiger partial charge in [0.2, 0.25) is 5.91 Å². The van der Waals surface area contributed by atoms with E-state index in [1.807, 2.05) is 36.4 Å². The lowest BCUT2D eigenvalue weighted by Crippen LogP contribution is -2.42. The summed E-state index contributed by atoms with van der Waals surface area (Å²) in [6.07, 6.45) is 2.40. The van der Waals surface area contributed by atoms with Gasteiger partial charge in [0.05, 0.1) is 6.54 Å². The van der Waals surface area contributed by atoms with Crippen LogP contribution in [-0.4, -0.2) is 37.0 Å². The van der Waals surface area contributed by atoms with Crippen molar-refractivity contribution in [1.82, 2.24) is 15.5 Å². The molecule has 138 valence electrons. The fraction of sp³-hybridized carbons (Fsp3) is 0.409. The molecular weight excluding hydrogens is 322 g/mol. The molecule has 1 fully saturated rings. The number of hydrogen-bond acceptors (Lipinski definition) is 3. The molecule has 2 aromatic carbocycles. The lowest BCUT2D eigenvalue weighted by atomic mass is 10.00. The molecule has 26 heavy (non-hydrogen) atoms. The first-order chi connectivity index (χ1) is 12.8. The Labute approximate surface area is 156 Å². The van der Waals surface area contributed by atoms with Crippen molar-refractivity contribution in [3.05, 3.63) is 71.8 Å². The topological polar surface area (TPSA) is 44.4 Å². The average molecular weight is 351 g/mol. The number of piperidine rings is 1. The molecule has 1 aliphatic rings. The third kappa shape index (κ3) is 6.28. The molecule has 2 N–H and O–H groups in total. The second-order valence-corrected chi connectivity index (χ2v) is 7.13. The second-order valence-electron chi connectivity index (χ2n) is 7.13. The summed E-state index contributed by atoms with van der Waals surface area (Å²) in [5.41, 5.74) is 2.46. The van der Waals surface area contributed by atoms with Crippen LogP contribution in [0.15, 0.2) is 60.7 Å². The Morgan fingerprint density at radius 3 is 2.15 bits per heavy atom. The summed E-state index contributed by atoms with van der Waals surface area (Å²) >= 11 is 0. The molecule has 4 heteroatoms. The van der Waals surface area contributed by atoms with E-state index in [4.69, 9.17) is 0 Å². The van der Waals surface area contributed by atoms with Gasteiger partial charge in [0.15, 0.2) is 0 Å². The first kappa shape index (κ1) is 18.6. The third-order valence-corrected chi connectivity index (χ3v) is 4.85. The minimum Gasteiger partial charge on any atom is -0.355 e. The summed E-state index contributed by atoms with van der Waals surface area (Å²) < 4.78 is 0. The summed E-state index contributed by atoms with van der Waals surface area (Å²) in [4.78, 5) is 14.7. The second kappa shape index (κ2) is 10.1. The standard InChI is InChI=1S/C22H29N3O/c26-22(24-15-21-12-7-13-23-14-21)18-25(16-19-8-3-1-4-9-19)17-20-10-5-2-6-11-20/h1-6,8-11,21,23H,7,12-18H2,(H,24,26). The molecule has 1 atom stereocenters.